The summed E-state index contributed by atoms with van der Waals surface area (Å²) in [5.74, 6) is 0.386. The average Bonchev–Trinajstić information content (AvgIpc) is 2.89. The summed E-state index contributed by atoms with van der Waals surface area (Å²) in [4.78, 5) is 8.37. The predicted molar refractivity (Wildman–Crippen MR) is 97.7 cm³/mol. The van der Waals surface area contributed by atoms with Crippen LogP contribution in [0.15, 0.2) is 18.6 Å². The molecular weight excluding hydrogens is 320 g/mol. The highest BCUT2D eigenvalue weighted by molar-refractivity contribution is 5.86. The van der Waals surface area contributed by atoms with Crippen molar-refractivity contribution in [2.45, 2.75) is 58.3 Å². The fourth-order valence-corrected chi connectivity index (χ4v) is 3.22. The van der Waals surface area contributed by atoms with E-state index in [1.54, 1.807) is 0 Å². The molecule has 1 aliphatic rings. The zero-order valence-corrected chi connectivity index (χ0v) is 15.3. The van der Waals surface area contributed by atoms with Gasteiger partial charge in [-0.25, -0.2) is 9.97 Å². The van der Waals surface area contributed by atoms with Crippen molar-refractivity contribution in [3.63, 3.8) is 0 Å². The maximum atomic E-state index is 9.05. The van der Waals surface area contributed by atoms with Gasteiger partial charge in [0, 0.05) is 18.8 Å². The smallest absolute Gasteiger partial charge is 0.156 e. The number of fused-ring (bicyclic) bond motifs is 1. The van der Waals surface area contributed by atoms with Crippen molar-refractivity contribution in [1.82, 2.24) is 14.5 Å². The van der Waals surface area contributed by atoms with E-state index in [4.69, 9.17) is 21.1 Å². The maximum absolute atomic E-state index is 9.05. The molecule has 0 aromatic carbocycles. The van der Waals surface area contributed by atoms with Gasteiger partial charge in [0.15, 0.2) is 5.79 Å². The van der Waals surface area contributed by atoms with E-state index in [1.165, 1.54) is 39.4 Å². The van der Waals surface area contributed by atoms with Gasteiger partial charge in [-0.1, -0.05) is 0 Å². The van der Waals surface area contributed by atoms with Crippen molar-refractivity contribution < 1.29 is 15.3 Å². The Morgan fingerprint density at radius 3 is 2.52 bits per heavy atom. The number of anilines is 1. The lowest BCUT2D eigenvalue weighted by atomic mass is 9.73. The second-order valence-electron chi connectivity index (χ2n) is 7.53. The standard InChI is InChI=1S/C15H22N4O.C3H8O2/c1-10(2-3-11-6-12(7-11)8-20)19-5-4-13-14(16)17-9-18-15(13)19;1-3(2,4)5/h4-5,9-12,20H,2-3,6-8H2,1H3,(H2,16,17,18);4-5H,1-2H3. The highest BCUT2D eigenvalue weighted by Gasteiger charge is 2.28. The van der Waals surface area contributed by atoms with Gasteiger partial charge in [-0.3, -0.25) is 0 Å². The monoisotopic (exact) mass is 350 g/mol. The van der Waals surface area contributed by atoms with Crippen LogP contribution in [-0.2, 0) is 0 Å². The van der Waals surface area contributed by atoms with Crippen molar-refractivity contribution >= 4 is 16.9 Å². The van der Waals surface area contributed by atoms with Crippen molar-refractivity contribution in [2.24, 2.45) is 11.8 Å². The molecule has 25 heavy (non-hydrogen) atoms. The Hall–Kier alpha value is -1.70. The topological polar surface area (TPSA) is 117 Å². The molecule has 1 saturated carbocycles. The summed E-state index contributed by atoms with van der Waals surface area (Å²) in [5.41, 5.74) is 6.79. The lowest BCUT2D eigenvalue weighted by molar-refractivity contribution is -0.127. The Balaban J connectivity index is 0.000000399. The van der Waals surface area contributed by atoms with Crippen LogP contribution in [0.25, 0.3) is 11.0 Å². The molecular formula is C18H30N4O3. The van der Waals surface area contributed by atoms with Gasteiger partial charge in [-0.05, 0) is 64.4 Å². The second-order valence-corrected chi connectivity index (χ2v) is 7.53. The molecule has 0 spiro atoms. The summed E-state index contributed by atoms with van der Waals surface area (Å²) in [6, 6.07) is 2.40. The van der Waals surface area contributed by atoms with Gasteiger partial charge in [-0.2, -0.15) is 0 Å². The van der Waals surface area contributed by atoms with Gasteiger partial charge in [0.1, 0.15) is 17.8 Å². The van der Waals surface area contributed by atoms with E-state index in [2.05, 4.69) is 27.7 Å². The molecule has 7 nitrogen and oxygen atoms in total. The lowest BCUT2D eigenvalue weighted by Crippen LogP contribution is -2.26. The van der Waals surface area contributed by atoms with E-state index < -0.39 is 5.79 Å². The van der Waals surface area contributed by atoms with E-state index in [-0.39, 0.29) is 0 Å². The second kappa shape index (κ2) is 8.12. The summed E-state index contributed by atoms with van der Waals surface area (Å²) in [6.07, 6.45) is 8.31. The first kappa shape index (κ1) is 19.6. The van der Waals surface area contributed by atoms with Crippen LogP contribution in [0.4, 0.5) is 5.82 Å². The van der Waals surface area contributed by atoms with Crippen LogP contribution in [0, 0.1) is 11.8 Å². The summed E-state index contributed by atoms with van der Waals surface area (Å²) in [5, 5.41) is 26.1. The fourth-order valence-electron chi connectivity index (χ4n) is 3.22. The molecule has 2 aromatic heterocycles. The summed E-state index contributed by atoms with van der Waals surface area (Å²) in [6.45, 7) is 5.17. The first-order chi connectivity index (χ1) is 11.7. The minimum Gasteiger partial charge on any atom is -0.396 e. The van der Waals surface area contributed by atoms with Gasteiger partial charge in [0.25, 0.3) is 0 Å². The molecule has 0 radical (unpaired) electrons. The van der Waals surface area contributed by atoms with Gasteiger partial charge < -0.3 is 25.6 Å². The molecule has 1 fully saturated rings. The fraction of sp³-hybridized carbons (Fsp3) is 0.667. The van der Waals surface area contributed by atoms with Crippen LogP contribution < -0.4 is 5.73 Å². The zero-order chi connectivity index (χ0) is 18.6. The molecule has 5 N–H and O–H groups in total. The minimum absolute atomic E-state index is 0.352. The lowest BCUT2D eigenvalue weighted by Gasteiger charge is -2.34. The van der Waals surface area contributed by atoms with Gasteiger partial charge in [0.05, 0.1) is 5.39 Å². The summed E-state index contributed by atoms with van der Waals surface area (Å²) >= 11 is 0. The molecule has 7 heteroatoms. The van der Waals surface area contributed by atoms with E-state index in [0.29, 0.717) is 24.4 Å². The quantitative estimate of drug-likeness (QED) is 0.613. The normalized spacial score (nSPS) is 21.4. The zero-order valence-electron chi connectivity index (χ0n) is 15.3. The molecule has 0 saturated heterocycles. The third-order valence-corrected chi connectivity index (χ3v) is 4.60. The average molecular weight is 350 g/mol. The third-order valence-electron chi connectivity index (χ3n) is 4.60. The van der Waals surface area contributed by atoms with Crippen molar-refractivity contribution in [1.29, 1.82) is 0 Å². The Kier molecular flexibility index (Phi) is 6.37. The number of rotatable bonds is 5. The first-order valence-corrected chi connectivity index (χ1v) is 8.81. The molecule has 1 atom stereocenters. The Morgan fingerprint density at radius 1 is 1.28 bits per heavy atom. The van der Waals surface area contributed by atoms with Crippen molar-refractivity contribution in [3.8, 4) is 0 Å². The van der Waals surface area contributed by atoms with E-state index in [9.17, 15) is 0 Å². The largest absolute Gasteiger partial charge is 0.396 e. The number of aromatic nitrogens is 3. The molecule has 0 amide bonds. The van der Waals surface area contributed by atoms with Crippen LogP contribution in [0.5, 0.6) is 0 Å². The van der Waals surface area contributed by atoms with Gasteiger partial charge >= 0.3 is 0 Å². The minimum atomic E-state index is -1.50. The van der Waals surface area contributed by atoms with Crippen LogP contribution in [0.2, 0.25) is 0 Å². The van der Waals surface area contributed by atoms with Gasteiger partial charge in [-0.15, -0.1) is 0 Å². The Labute approximate surface area is 148 Å². The number of aliphatic hydroxyl groups is 3. The highest BCUT2D eigenvalue weighted by Crippen LogP contribution is 2.37. The Bertz CT molecular complexity index is 669. The number of hydrogen-bond donors (Lipinski definition) is 4. The number of nitrogen functional groups attached to an aromatic ring is 1. The number of nitrogens with two attached hydrogens (primary N) is 1. The summed E-state index contributed by atoms with van der Waals surface area (Å²) < 4.78 is 2.19. The molecule has 0 bridgehead atoms. The molecule has 3 rings (SSSR count). The molecule has 1 aliphatic carbocycles. The third kappa shape index (κ3) is 5.66. The van der Waals surface area contributed by atoms with Gasteiger partial charge in [0.2, 0.25) is 0 Å². The van der Waals surface area contributed by atoms with Crippen LogP contribution in [0.3, 0.4) is 0 Å². The molecule has 2 aromatic rings. The van der Waals surface area contributed by atoms with E-state index >= 15 is 0 Å². The number of aliphatic hydroxyl groups excluding tert-OH is 1. The molecule has 140 valence electrons. The molecule has 0 aliphatic heterocycles. The first-order valence-electron chi connectivity index (χ1n) is 8.81. The van der Waals surface area contributed by atoms with Crippen molar-refractivity contribution in [3.05, 3.63) is 18.6 Å². The maximum Gasteiger partial charge on any atom is 0.156 e. The Morgan fingerprint density at radius 2 is 1.92 bits per heavy atom. The predicted octanol–water partition coefficient (Wildman–Crippen LogP) is 2.08. The van der Waals surface area contributed by atoms with E-state index in [1.807, 2.05) is 6.07 Å². The SMILES string of the molecule is CC(C)(O)O.CC(CCC1CC(CO)C1)n1ccc2c(N)ncnc21. The van der Waals surface area contributed by atoms with Crippen LogP contribution in [-0.4, -0.2) is 42.2 Å². The number of nitrogens with zero attached hydrogens (tertiary/aromatic N) is 3. The van der Waals surface area contributed by atoms with E-state index in [0.717, 1.165) is 23.4 Å². The van der Waals surface area contributed by atoms with Crippen molar-refractivity contribution in [2.75, 3.05) is 12.3 Å². The molecule has 2 heterocycles. The summed E-state index contributed by atoms with van der Waals surface area (Å²) in [7, 11) is 0. The molecule has 1 unspecified atom stereocenters. The van der Waals surface area contributed by atoms with Crippen LogP contribution >= 0.6 is 0 Å². The highest BCUT2D eigenvalue weighted by atomic mass is 16.5. The van der Waals surface area contributed by atoms with Crippen LogP contribution in [0.1, 0.15) is 52.5 Å². The number of hydrogen-bond acceptors (Lipinski definition) is 6.